The number of amides is 1. The summed E-state index contributed by atoms with van der Waals surface area (Å²) in [4.78, 5) is 28.6. The highest BCUT2D eigenvalue weighted by Crippen LogP contribution is 2.56. The maximum atomic E-state index is 13.3. The molecule has 1 atom stereocenters. The van der Waals surface area contributed by atoms with Crippen molar-refractivity contribution in [2.24, 2.45) is 11.3 Å². The van der Waals surface area contributed by atoms with Crippen LogP contribution in [0.1, 0.15) is 46.5 Å². The molecule has 0 aromatic carbocycles. The first kappa shape index (κ1) is 16.7. The zero-order chi connectivity index (χ0) is 17.5. The SMILES string of the molecule is O=C(O)c1cc(C(=O)N2CCC(C(F)(F)F)C3(CCC3)C2)ccn1. The predicted octanol–water partition coefficient (Wildman–Crippen LogP) is 2.97. The minimum Gasteiger partial charge on any atom is -0.477 e. The van der Waals surface area contributed by atoms with E-state index in [1.807, 2.05) is 0 Å². The molecule has 1 aromatic heterocycles. The van der Waals surface area contributed by atoms with E-state index in [0.29, 0.717) is 12.8 Å². The topological polar surface area (TPSA) is 70.5 Å². The van der Waals surface area contributed by atoms with E-state index in [-0.39, 0.29) is 30.8 Å². The number of aromatic carboxylic acids is 1. The van der Waals surface area contributed by atoms with Crippen molar-refractivity contribution in [1.82, 2.24) is 9.88 Å². The lowest BCUT2D eigenvalue weighted by Crippen LogP contribution is -2.57. The monoisotopic (exact) mass is 342 g/mol. The number of carbonyl (C=O) groups excluding carboxylic acids is 1. The molecule has 1 spiro atoms. The van der Waals surface area contributed by atoms with Crippen molar-refractivity contribution >= 4 is 11.9 Å². The fourth-order valence-corrected chi connectivity index (χ4v) is 3.85. The summed E-state index contributed by atoms with van der Waals surface area (Å²) in [5, 5.41) is 8.94. The largest absolute Gasteiger partial charge is 0.477 e. The molecule has 0 bridgehead atoms. The summed E-state index contributed by atoms with van der Waals surface area (Å²) >= 11 is 0. The maximum absolute atomic E-state index is 13.3. The van der Waals surface area contributed by atoms with Crippen LogP contribution >= 0.6 is 0 Å². The van der Waals surface area contributed by atoms with Crippen LogP contribution in [0.5, 0.6) is 0 Å². The molecule has 1 aliphatic heterocycles. The quantitative estimate of drug-likeness (QED) is 0.897. The molecule has 2 heterocycles. The lowest BCUT2D eigenvalue weighted by molar-refractivity contribution is -0.235. The summed E-state index contributed by atoms with van der Waals surface area (Å²) in [6.07, 6.45) is -1.45. The second kappa shape index (κ2) is 5.75. The number of alkyl halides is 3. The van der Waals surface area contributed by atoms with Crippen LogP contribution in [0.3, 0.4) is 0 Å². The third kappa shape index (κ3) is 2.85. The standard InChI is InChI=1S/C16H17F3N2O3/c17-16(18,19)12-3-7-21(9-15(12)4-1-5-15)13(22)10-2-6-20-11(8-10)14(23)24/h2,6,8,12H,1,3-5,7,9H2,(H,23,24). The third-order valence-corrected chi connectivity index (χ3v) is 5.19. The van der Waals surface area contributed by atoms with Crippen molar-refractivity contribution < 1.29 is 27.9 Å². The van der Waals surface area contributed by atoms with E-state index in [0.717, 1.165) is 12.5 Å². The Morgan fingerprint density at radius 2 is 2.04 bits per heavy atom. The van der Waals surface area contributed by atoms with E-state index >= 15 is 0 Å². The highest BCUT2D eigenvalue weighted by atomic mass is 19.4. The van der Waals surface area contributed by atoms with Gasteiger partial charge in [-0.3, -0.25) is 4.79 Å². The molecule has 1 aromatic rings. The van der Waals surface area contributed by atoms with Crippen LogP contribution in [0.15, 0.2) is 18.3 Å². The Bertz CT molecular complexity index is 671. The molecule has 1 N–H and O–H groups in total. The number of carboxylic acid groups (broad SMARTS) is 1. The van der Waals surface area contributed by atoms with E-state index < -0.39 is 29.4 Å². The van der Waals surface area contributed by atoms with E-state index in [1.165, 1.54) is 17.2 Å². The summed E-state index contributed by atoms with van der Waals surface area (Å²) in [6.45, 7) is 0.0935. The van der Waals surface area contributed by atoms with Crippen LogP contribution in [0.2, 0.25) is 0 Å². The van der Waals surface area contributed by atoms with Crippen LogP contribution in [0.4, 0.5) is 13.2 Å². The third-order valence-electron chi connectivity index (χ3n) is 5.19. The minimum absolute atomic E-state index is 0.0233. The van der Waals surface area contributed by atoms with Crippen LogP contribution in [-0.2, 0) is 0 Å². The molecule has 24 heavy (non-hydrogen) atoms. The van der Waals surface area contributed by atoms with Gasteiger partial charge in [-0.2, -0.15) is 13.2 Å². The Morgan fingerprint density at radius 3 is 2.58 bits per heavy atom. The Morgan fingerprint density at radius 1 is 1.33 bits per heavy atom. The van der Waals surface area contributed by atoms with Crippen molar-refractivity contribution in [3.8, 4) is 0 Å². The minimum atomic E-state index is -4.25. The molecule has 3 rings (SSSR count). The number of piperidine rings is 1. The first-order valence-electron chi connectivity index (χ1n) is 7.78. The van der Waals surface area contributed by atoms with Crippen LogP contribution in [0.25, 0.3) is 0 Å². The van der Waals surface area contributed by atoms with Gasteiger partial charge in [0, 0.05) is 24.8 Å². The summed E-state index contributed by atoms with van der Waals surface area (Å²) in [5.74, 6) is -3.06. The fraction of sp³-hybridized carbons (Fsp3) is 0.562. The molecule has 5 nitrogen and oxygen atoms in total. The smallest absolute Gasteiger partial charge is 0.392 e. The summed E-state index contributed by atoms with van der Waals surface area (Å²) in [6, 6.07) is 2.55. The van der Waals surface area contributed by atoms with E-state index in [4.69, 9.17) is 5.11 Å². The lowest BCUT2D eigenvalue weighted by atomic mass is 9.58. The first-order valence-corrected chi connectivity index (χ1v) is 7.78. The summed E-state index contributed by atoms with van der Waals surface area (Å²) in [5.41, 5.74) is -0.999. The Balaban J connectivity index is 1.80. The van der Waals surface area contributed by atoms with Gasteiger partial charge in [-0.1, -0.05) is 6.42 Å². The van der Waals surface area contributed by atoms with Gasteiger partial charge in [0.2, 0.25) is 0 Å². The zero-order valence-electron chi connectivity index (χ0n) is 12.8. The van der Waals surface area contributed by atoms with Gasteiger partial charge in [-0.25, -0.2) is 9.78 Å². The van der Waals surface area contributed by atoms with Gasteiger partial charge in [-0.15, -0.1) is 0 Å². The van der Waals surface area contributed by atoms with E-state index in [2.05, 4.69) is 4.98 Å². The van der Waals surface area contributed by atoms with Crippen molar-refractivity contribution in [1.29, 1.82) is 0 Å². The molecule has 2 aliphatic rings. The summed E-state index contributed by atoms with van der Waals surface area (Å²) < 4.78 is 39.8. The number of hydrogen-bond donors (Lipinski definition) is 1. The molecule has 1 saturated heterocycles. The average Bonchev–Trinajstić information content (AvgIpc) is 2.51. The molecule has 130 valence electrons. The molecule has 2 fully saturated rings. The van der Waals surface area contributed by atoms with Gasteiger partial charge < -0.3 is 10.0 Å². The Kier molecular flexibility index (Phi) is 4.01. The second-order valence-electron chi connectivity index (χ2n) is 6.56. The molecule has 1 saturated carbocycles. The van der Waals surface area contributed by atoms with Crippen molar-refractivity contribution in [2.45, 2.75) is 31.9 Å². The number of nitrogens with zero attached hydrogens (tertiary/aromatic N) is 2. The molecular weight excluding hydrogens is 325 g/mol. The van der Waals surface area contributed by atoms with Gasteiger partial charge in [0.25, 0.3) is 5.91 Å². The predicted molar refractivity (Wildman–Crippen MR) is 77.5 cm³/mol. The Hall–Kier alpha value is -2.12. The second-order valence-corrected chi connectivity index (χ2v) is 6.56. The van der Waals surface area contributed by atoms with Crippen molar-refractivity contribution in [3.05, 3.63) is 29.6 Å². The fourth-order valence-electron chi connectivity index (χ4n) is 3.85. The number of halogens is 3. The highest BCUT2D eigenvalue weighted by Gasteiger charge is 2.58. The molecule has 1 amide bonds. The highest BCUT2D eigenvalue weighted by molar-refractivity contribution is 5.96. The van der Waals surface area contributed by atoms with Gasteiger partial charge in [0.1, 0.15) is 5.69 Å². The molecule has 8 heteroatoms. The Labute approximate surface area is 136 Å². The first-order chi connectivity index (χ1) is 11.2. The normalized spacial score (nSPS) is 23.0. The van der Waals surface area contributed by atoms with Crippen molar-refractivity contribution in [3.63, 3.8) is 0 Å². The van der Waals surface area contributed by atoms with Gasteiger partial charge in [0.15, 0.2) is 0 Å². The van der Waals surface area contributed by atoms with Crippen LogP contribution in [-0.4, -0.2) is 46.1 Å². The number of carbonyl (C=O) groups is 2. The molecule has 1 unspecified atom stereocenters. The zero-order valence-corrected chi connectivity index (χ0v) is 12.8. The van der Waals surface area contributed by atoms with Gasteiger partial charge in [-0.05, 0) is 36.8 Å². The number of rotatable bonds is 2. The molecule has 1 aliphatic carbocycles. The van der Waals surface area contributed by atoms with E-state index in [1.54, 1.807) is 0 Å². The molecular formula is C16H17F3N2O3. The maximum Gasteiger partial charge on any atom is 0.392 e. The summed E-state index contributed by atoms with van der Waals surface area (Å²) in [7, 11) is 0. The van der Waals surface area contributed by atoms with E-state index in [9.17, 15) is 22.8 Å². The number of likely N-dealkylation sites (tertiary alicyclic amines) is 1. The number of pyridine rings is 1. The van der Waals surface area contributed by atoms with Crippen molar-refractivity contribution in [2.75, 3.05) is 13.1 Å². The van der Waals surface area contributed by atoms with Crippen LogP contribution < -0.4 is 0 Å². The lowest BCUT2D eigenvalue weighted by Gasteiger charge is -2.54. The number of carboxylic acids is 1. The van der Waals surface area contributed by atoms with Gasteiger partial charge in [0.05, 0.1) is 5.92 Å². The number of hydrogen-bond acceptors (Lipinski definition) is 3. The average molecular weight is 342 g/mol. The molecule has 0 radical (unpaired) electrons. The van der Waals surface area contributed by atoms with Gasteiger partial charge >= 0.3 is 12.1 Å². The van der Waals surface area contributed by atoms with Crippen LogP contribution in [0, 0.1) is 11.3 Å². The number of aromatic nitrogens is 1.